The van der Waals surface area contributed by atoms with Gasteiger partial charge < -0.3 is 11.1 Å². The molecule has 3 aromatic heterocycles. The Labute approximate surface area is 181 Å². The first-order chi connectivity index (χ1) is 12.8. The average Bonchev–Trinajstić information content (AvgIpc) is 3.24. The fraction of sp³-hybridized carbons (Fsp3) is 0.450. The molecule has 0 bridgehead atoms. The third-order valence-corrected chi connectivity index (χ3v) is 8.87. The van der Waals surface area contributed by atoms with E-state index in [2.05, 4.69) is 57.6 Å². The van der Waals surface area contributed by atoms with Gasteiger partial charge in [0.2, 0.25) is 0 Å². The summed E-state index contributed by atoms with van der Waals surface area (Å²) in [4.78, 5) is 7.21. The van der Waals surface area contributed by atoms with Crippen LogP contribution in [0.3, 0.4) is 0 Å². The van der Waals surface area contributed by atoms with Crippen LogP contribution in [0.25, 0.3) is 10.2 Å². The van der Waals surface area contributed by atoms with Crippen molar-refractivity contribution < 1.29 is 0 Å². The molecule has 1 fully saturated rings. The molecular formula is C20H23BrClN3S2. The summed E-state index contributed by atoms with van der Waals surface area (Å²) in [6.07, 6.45) is 3.35. The van der Waals surface area contributed by atoms with E-state index in [0.717, 1.165) is 39.8 Å². The van der Waals surface area contributed by atoms with Crippen molar-refractivity contribution >= 4 is 66.1 Å². The van der Waals surface area contributed by atoms with Gasteiger partial charge in [-0.05, 0) is 52.1 Å². The molecule has 0 saturated heterocycles. The summed E-state index contributed by atoms with van der Waals surface area (Å²) >= 11 is 13.7. The predicted molar refractivity (Wildman–Crippen MR) is 122 cm³/mol. The molecule has 0 radical (unpaired) electrons. The Morgan fingerprint density at radius 1 is 1.44 bits per heavy atom. The van der Waals surface area contributed by atoms with E-state index in [0.29, 0.717) is 16.5 Å². The van der Waals surface area contributed by atoms with E-state index in [9.17, 15) is 0 Å². The van der Waals surface area contributed by atoms with Gasteiger partial charge in [0.05, 0.1) is 20.4 Å². The molecule has 1 saturated carbocycles. The second-order valence-electron chi connectivity index (χ2n) is 8.06. The topological polar surface area (TPSA) is 50.9 Å². The van der Waals surface area contributed by atoms with Gasteiger partial charge in [0.15, 0.2) is 0 Å². The maximum absolute atomic E-state index is 6.54. The van der Waals surface area contributed by atoms with Crippen LogP contribution >= 0.6 is 50.2 Å². The van der Waals surface area contributed by atoms with Crippen molar-refractivity contribution in [3.8, 4) is 0 Å². The van der Waals surface area contributed by atoms with Gasteiger partial charge in [0, 0.05) is 34.3 Å². The normalized spacial score (nSPS) is 22.3. The summed E-state index contributed by atoms with van der Waals surface area (Å²) in [6.45, 7) is 5.47. The maximum Gasteiger partial charge on any atom is 0.131 e. The molecule has 0 aromatic carbocycles. The first-order valence-electron chi connectivity index (χ1n) is 9.14. The highest BCUT2D eigenvalue weighted by atomic mass is 79.9. The number of hydrogen-bond donors (Lipinski definition) is 2. The Bertz CT molecular complexity index is 952. The summed E-state index contributed by atoms with van der Waals surface area (Å²) in [5, 5.41) is 6.15. The van der Waals surface area contributed by atoms with Crippen molar-refractivity contribution in [2.45, 2.75) is 51.6 Å². The van der Waals surface area contributed by atoms with Crippen molar-refractivity contribution in [1.82, 2.24) is 4.98 Å². The molecule has 1 aliphatic rings. The molecule has 3 heterocycles. The van der Waals surface area contributed by atoms with E-state index < -0.39 is 0 Å². The number of pyridine rings is 1. The fourth-order valence-corrected chi connectivity index (χ4v) is 6.98. The van der Waals surface area contributed by atoms with Gasteiger partial charge in [-0.2, -0.15) is 0 Å². The zero-order chi connectivity index (χ0) is 19.2. The van der Waals surface area contributed by atoms with Crippen LogP contribution in [0.4, 0.5) is 5.69 Å². The molecule has 0 spiro atoms. The minimum atomic E-state index is 0.195. The second kappa shape index (κ2) is 7.64. The van der Waals surface area contributed by atoms with Crippen molar-refractivity contribution in [3.63, 3.8) is 0 Å². The number of thiophene rings is 2. The third-order valence-electron chi connectivity index (χ3n) is 5.39. The van der Waals surface area contributed by atoms with Crippen LogP contribution in [0, 0.1) is 5.41 Å². The number of hydrogen-bond acceptors (Lipinski definition) is 5. The van der Waals surface area contributed by atoms with Crippen LogP contribution < -0.4 is 11.1 Å². The maximum atomic E-state index is 6.54. The lowest BCUT2D eigenvalue weighted by molar-refractivity contribution is 0.200. The molecule has 144 valence electrons. The van der Waals surface area contributed by atoms with Crippen LogP contribution in [-0.4, -0.2) is 11.0 Å². The monoisotopic (exact) mass is 483 g/mol. The molecule has 3 nitrogen and oxygen atoms in total. The van der Waals surface area contributed by atoms with Crippen LogP contribution in [0.2, 0.25) is 5.15 Å². The fourth-order valence-electron chi connectivity index (χ4n) is 3.89. The average molecular weight is 485 g/mol. The van der Waals surface area contributed by atoms with Crippen LogP contribution in [0.5, 0.6) is 0 Å². The van der Waals surface area contributed by atoms with Crippen molar-refractivity contribution in [1.29, 1.82) is 0 Å². The van der Waals surface area contributed by atoms with Crippen molar-refractivity contribution in [3.05, 3.63) is 43.0 Å². The Hall–Kier alpha value is -0.660. The molecule has 3 aromatic rings. The largest absolute Gasteiger partial charge is 0.379 e. The predicted octanol–water partition coefficient (Wildman–Crippen LogP) is 7.01. The van der Waals surface area contributed by atoms with Crippen LogP contribution in [0.15, 0.2) is 28.1 Å². The minimum absolute atomic E-state index is 0.195. The lowest BCUT2D eigenvalue weighted by Gasteiger charge is -2.39. The van der Waals surface area contributed by atoms with Gasteiger partial charge in [0.25, 0.3) is 0 Å². The molecule has 2 atom stereocenters. The molecule has 0 amide bonds. The smallest absolute Gasteiger partial charge is 0.131 e. The lowest BCUT2D eigenvalue weighted by Crippen LogP contribution is -2.37. The van der Waals surface area contributed by atoms with Crippen molar-refractivity contribution in [2.24, 2.45) is 11.1 Å². The van der Waals surface area contributed by atoms with Crippen LogP contribution in [-0.2, 0) is 6.54 Å². The highest BCUT2D eigenvalue weighted by Crippen LogP contribution is 2.50. The summed E-state index contributed by atoms with van der Waals surface area (Å²) in [5.74, 6) is 0.353. The standard InChI is InChI=1S/C20H23BrClN3S2/c1-20(2)6-5-13(23)12(9-20)18-16(21)17-19(27-18)14(8-15(22)25-17)24-10-11-4-3-7-26-11/h3-4,7-8,12-13H,5-6,9-10,23H2,1-2H3,(H,24,25)/t12?,13-/m0/s1. The second-order valence-corrected chi connectivity index (χ2v) is 11.3. The molecule has 1 unspecified atom stereocenters. The van der Waals surface area contributed by atoms with Gasteiger partial charge in [-0.15, -0.1) is 22.7 Å². The summed E-state index contributed by atoms with van der Waals surface area (Å²) < 4.78 is 2.20. The zero-order valence-electron chi connectivity index (χ0n) is 15.4. The summed E-state index contributed by atoms with van der Waals surface area (Å²) in [6, 6.07) is 6.33. The lowest BCUT2D eigenvalue weighted by atomic mass is 9.70. The first-order valence-corrected chi connectivity index (χ1v) is 12.0. The SMILES string of the molecule is CC1(C)CC[C@H](N)C(c2sc3c(NCc4cccs4)cc(Cl)nc3c2Br)C1. The molecule has 4 rings (SSSR count). The molecule has 0 aliphatic heterocycles. The molecular weight excluding hydrogens is 462 g/mol. The first kappa shape index (κ1) is 19.6. The Kier molecular flexibility index (Phi) is 5.56. The molecule has 27 heavy (non-hydrogen) atoms. The Morgan fingerprint density at radius 2 is 2.26 bits per heavy atom. The van der Waals surface area contributed by atoms with Gasteiger partial charge in [-0.25, -0.2) is 4.98 Å². The van der Waals surface area contributed by atoms with Gasteiger partial charge in [-0.1, -0.05) is 31.5 Å². The molecule has 7 heteroatoms. The van der Waals surface area contributed by atoms with E-state index in [1.165, 1.54) is 16.2 Å². The Morgan fingerprint density at radius 3 is 3.00 bits per heavy atom. The number of rotatable bonds is 4. The number of nitrogens with two attached hydrogens (primary N) is 1. The van der Waals surface area contributed by atoms with E-state index in [1.54, 1.807) is 22.7 Å². The Balaban J connectivity index is 1.73. The van der Waals surface area contributed by atoms with Crippen LogP contribution in [0.1, 0.15) is 48.8 Å². The van der Waals surface area contributed by atoms with E-state index in [4.69, 9.17) is 17.3 Å². The van der Waals surface area contributed by atoms with Gasteiger partial charge in [-0.3, -0.25) is 0 Å². The van der Waals surface area contributed by atoms with Crippen molar-refractivity contribution in [2.75, 3.05) is 5.32 Å². The number of anilines is 1. The van der Waals surface area contributed by atoms with E-state index >= 15 is 0 Å². The summed E-state index contributed by atoms with van der Waals surface area (Å²) in [7, 11) is 0. The highest BCUT2D eigenvalue weighted by Gasteiger charge is 2.36. The number of halogens is 2. The number of nitrogens with one attached hydrogen (secondary N) is 1. The van der Waals surface area contributed by atoms with E-state index in [-0.39, 0.29) is 6.04 Å². The van der Waals surface area contributed by atoms with E-state index in [1.807, 2.05) is 6.07 Å². The molecule has 3 N–H and O–H groups in total. The number of aromatic nitrogens is 1. The third kappa shape index (κ3) is 4.06. The zero-order valence-corrected chi connectivity index (χ0v) is 19.4. The summed E-state index contributed by atoms with van der Waals surface area (Å²) in [5.41, 5.74) is 8.84. The minimum Gasteiger partial charge on any atom is -0.379 e. The van der Waals surface area contributed by atoms with Gasteiger partial charge >= 0.3 is 0 Å². The number of nitrogens with zero attached hydrogens (tertiary/aromatic N) is 1. The van der Waals surface area contributed by atoms with Gasteiger partial charge in [0.1, 0.15) is 5.15 Å². The molecule has 1 aliphatic carbocycles. The quantitative estimate of drug-likeness (QED) is 0.392. The number of fused-ring (bicyclic) bond motifs is 1. The highest BCUT2D eigenvalue weighted by molar-refractivity contribution is 9.10.